The van der Waals surface area contributed by atoms with Crippen LogP contribution in [0.4, 0.5) is 0 Å². The van der Waals surface area contributed by atoms with Crippen molar-refractivity contribution in [1.82, 2.24) is 9.88 Å². The fourth-order valence-electron chi connectivity index (χ4n) is 3.06. The van der Waals surface area contributed by atoms with E-state index in [1.165, 1.54) is 22.7 Å². The number of piperidine rings is 1. The van der Waals surface area contributed by atoms with Crippen LogP contribution in [0.3, 0.4) is 0 Å². The predicted molar refractivity (Wildman–Crippen MR) is 103 cm³/mol. The number of aromatic nitrogens is 1. The highest BCUT2D eigenvalue weighted by Crippen LogP contribution is 2.25. The monoisotopic (exact) mass is 402 g/mol. The smallest absolute Gasteiger partial charge is 0.311 e. The van der Waals surface area contributed by atoms with E-state index in [2.05, 4.69) is 4.98 Å². The summed E-state index contributed by atoms with van der Waals surface area (Å²) in [5, 5.41) is 4.50. The topological polar surface area (TPSA) is 72.6 Å². The van der Waals surface area contributed by atoms with Gasteiger partial charge in [-0.2, -0.15) is 0 Å². The Labute approximate surface area is 164 Å². The number of hydrogen-bond acceptors (Lipinski definition) is 7. The van der Waals surface area contributed by atoms with Gasteiger partial charge in [-0.05, 0) is 36.4 Å². The molecule has 1 fully saturated rings. The molecule has 0 spiro atoms. The molecule has 3 aromatic heterocycles. The van der Waals surface area contributed by atoms with Gasteiger partial charge in [-0.3, -0.25) is 9.59 Å². The van der Waals surface area contributed by atoms with Crippen LogP contribution >= 0.6 is 22.7 Å². The van der Waals surface area contributed by atoms with Crippen LogP contribution in [0.5, 0.6) is 0 Å². The second-order valence-corrected chi connectivity index (χ2v) is 8.10. The highest BCUT2D eigenvalue weighted by atomic mass is 32.1. The van der Waals surface area contributed by atoms with Gasteiger partial charge in [-0.1, -0.05) is 6.07 Å². The van der Waals surface area contributed by atoms with E-state index in [1.807, 2.05) is 35.0 Å². The van der Waals surface area contributed by atoms with Gasteiger partial charge >= 0.3 is 5.97 Å². The number of carbonyl (C=O) groups is 2. The molecule has 0 radical (unpaired) electrons. The van der Waals surface area contributed by atoms with E-state index in [4.69, 9.17) is 9.15 Å². The third-order valence-electron chi connectivity index (χ3n) is 4.42. The molecule has 0 aromatic carbocycles. The Hall–Kier alpha value is -2.45. The molecule has 0 N–H and O–H groups in total. The summed E-state index contributed by atoms with van der Waals surface area (Å²) in [6, 6.07) is 7.32. The Morgan fingerprint density at radius 1 is 1.30 bits per heavy atom. The Morgan fingerprint density at radius 2 is 2.22 bits per heavy atom. The van der Waals surface area contributed by atoms with Crippen molar-refractivity contribution in [2.45, 2.75) is 19.4 Å². The quantitative estimate of drug-likeness (QED) is 0.602. The summed E-state index contributed by atoms with van der Waals surface area (Å²) in [5.74, 6) is 0.134. The summed E-state index contributed by atoms with van der Waals surface area (Å²) in [7, 11) is 0. The minimum Gasteiger partial charge on any atom is -0.462 e. The zero-order chi connectivity index (χ0) is 18.6. The number of hydrogen-bond donors (Lipinski definition) is 0. The second-order valence-electron chi connectivity index (χ2n) is 6.30. The molecule has 0 bridgehead atoms. The first kappa shape index (κ1) is 17.9. The second kappa shape index (κ2) is 8.06. The van der Waals surface area contributed by atoms with Gasteiger partial charge < -0.3 is 14.1 Å². The molecule has 6 nitrogen and oxygen atoms in total. The molecule has 3 aromatic rings. The van der Waals surface area contributed by atoms with Crippen LogP contribution < -0.4 is 0 Å². The molecule has 1 unspecified atom stereocenters. The third kappa shape index (κ3) is 4.12. The SMILES string of the molecule is O=C(OCc1csc(-c2ccco2)n1)C1CCCN(C(=O)c2cccs2)C1. The molecule has 4 heterocycles. The van der Waals surface area contributed by atoms with E-state index in [0.29, 0.717) is 29.4 Å². The number of rotatable bonds is 5. The number of amides is 1. The van der Waals surface area contributed by atoms with Gasteiger partial charge in [0.15, 0.2) is 10.8 Å². The summed E-state index contributed by atoms with van der Waals surface area (Å²) in [5.41, 5.74) is 0.696. The van der Waals surface area contributed by atoms with E-state index in [0.717, 1.165) is 17.8 Å². The van der Waals surface area contributed by atoms with Gasteiger partial charge in [-0.25, -0.2) is 4.98 Å². The average Bonchev–Trinajstić information content (AvgIpc) is 3.47. The lowest BCUT2D eigenvalue weighted by atomic mass is 9.98. The largest absolute Gasteiger partial charge is 0.462 e. The molecule has 1 amide bonds. The van der Waals surface area contributed by atoms with Crippen LogP contribution in [-0.4, -0.2) is 34.8 Å². The first-order valence-electron chi connectivity index (χ1n) is 8.68. The summed E-state index contributed by atoms with van der Waals surface area (Å²) < 4.78 is 10.8. The van der Waals surface area contributed by atoms with Crippen molar-refractivity contribution in [3.05, 3.63) is 51.9 Å². The van der Waals surface area contributed by atoms with Crippen LogP contribution in [0.25, 0.3) is 10.8 Å². The fourth-order valence-corrected chi connectivity index (χ4v) is 4.52. The van der Waals surface area contributed by atoms with Gasteiger partial charge in [0.25, 0.3) is 5.91 Å². The first-order valence-corrected chi connectivity index (χ1v) is 10.4. The molecular weight excluding hydrogens is 384 g/mol. The van der Waals surface area contributed by atoms with Crippen molar-refractivity contribution >= 4 is 34.6 Å². The van der Waals surface area contributed by atoms with E-state index in [9.17, 15) is 9.59 Å². The number of ether oxygens (including phenoxy) is 1. The van der Waals surface area contributed by atoms with Gasteiger partial charge in [-0.15, -0.1) is 22.7 Å². The van der Waals surface area contributed by atoms with Gasteiger partial charge in [0.1, 0.15) is 6.61 Å². The molecule has 1 atom stereocenters. The Morgan fingerprint density at radius 3 is 3.00 bits per heavy atom. The Kier molecular flexibility index (Phi) is 5.35. The lowest BCUT2D eigenvalue weighted by Crippen LogP contribution is -2.42. The molecule has 4 rings (SSSR count). The lowest BCUT2D eigenvalue weighted by molar-refractivity contribution is -0.151. The van der Waals surface area contributed by atoms with Crippen molar-refractivity contribution in [1.29, 1.82) is 0 Å². The Bertz CT molecular complexity index is 902. The highest BCUT2D eigenvalue weighted by molar-refractivity contribution is 7.13. The van der Waals surface area contributed by atoms with Gasteiger partial charge in [0.2, 0.25) is 0 Å². The molecule has 0 saturated carbocycles. The van der Waals surface area contributed by atoms with Crippen molar-refractivity contribution in [2.75, 3.05) is 13.1 Å². The van der Waals surface area contributed by atoms with Crippen molar-refractivity contribution in [3.63, 3.8) is 0 Å². The Balaban J connectivity index is 1.32. The van der Waals surface area contributed by atoms with E-state index in [1.54, 1.807) is 11.2 Å². The van der Waals surface area contributed by atoms with E-state index < -0.39 is 0 Å². The summed E-state index contributed by atoms with van der Waals surface area (Å²) in [4.78, 5) is 31.8. The summed E-state index contributed by atoms with van der Waals surface area (Å²) in [6.45, 7) is 1.22. The maximum Gasteiger partial charge on any atom is 0.311 e. The van der Waals surface area contributed by atoms with Crippen LogP contribution in [0.15, 0.2) is 45.7 Å². The van der Waals surface area contributed by atoms with Crippen molar-refractivity contribution in [3.8, 4) is 10.8 Å². The van der Waals surface area contributed by atoms with Gasteiger partial charge in [0, 0.05) is 18.5 Å². The molecule has 1 saturated heterocycles. The third-order valence-corrected chi connectivity index (χ3v) is 6.18. The molecule has 27 heavy (non-hydrogen) atoms. The summed E-state index contributed by atoms with van der Waals surface area (Å²) in [6.07, 6.45) is 3.14. The minimum absolute atomic E-state index is 0.00918. The molecule has 8 heteroatoms. The normalized spacial score (nSPS) is 17.0. The number of furan rings is 1. The van der Waals surface area contributed by atoms with E-state index in [-0.39, 0.29) is 24.4 Å². The zero-order valence-corrected chi connectivity index (χ0v) is 16.1. The van der Waals surface area contributed by atoms with Crippen molar-refractivity contribution in [2.24, 2.45) is 5.92 Å². The zero-order valence-electron chi connectivity index (χ0n) is 14.5. The van der Waals surface area contributed by atoms with Crippen LogP contribution in [-0.2, 0) is 16.1 Å². The standard InChI is InChI=1S/C19H18N2O4S2/c22-18(16-6-3-9-26-16)21-7-1-4-13(10-21)19(23)25-11-14-12-27-17(20-14)15-5-2-8-24-15/h2-3,5-6,8-9,12-13H,1,4,7,10-11H2. The van der Waals surface area contributed by atoms with Gasteiger partial charge in [0.05, 0.1) is 22.8 Å². The molecule has 1 aliphatic rings. The number of thiophene rings is 1. The van der Waals surface area contributed by atoms with Crippen LogP contribution in [0, 0.1) is 5.92 Å². The highest BCUT2D eigenvalue weighted by Gasteiger charge is 2.30. The molecule has 140 valence electrons. The maximum absolute atomic E-state index is 12.5. The van der Waals surface area contributed by atoms with Crippen LogP contribution in [0.2, 0.25) is 0 Å². The summed E-state index contributed by atoms with van der Waals surface area (Å²) >= 11 is 2.87. The molecule has 1 aliphatic heterocycles. The molecule has 0 aliphatic carbocycles. The number of thiazole rings is 1. The lowest BCUT2D eigenvalue weighted by Gasteiger charge is -2.31. The van der Waals surface area contributed by atoms with E-state index >= 15 is 0 Å². The number of nitrogens with zero attached hydrogens (tertiary/aromatic N) is 2. The first-order chi connectivity index (χ1) is 13.2. The maximum atomic E-state index is 12.5. The predicted octanol–water partition coefficient (Wildman–Crippen LogP) is 4.06. The molecular formula is C19H18N2O4S2. The number of likely N-dealkylation sites (tertiary alicyclic amines) is 1. The average molecular weight is 402 g/mol. The van der Waals surface area contributed by atoms with Crippen LogP contribution in [0.1, 0.15) is 28.2 Å². The number of esters is 1. The fraction of sp³-hybridized carbons (Fsp3) is 0.316. The van der Waals surface area contributed by atoms with Crippen molar-refractivity contribution < 1.29 is 18.7 Å². The number of carbonyl (C=O) groups excluding carboxylic acids is 2. The minimum atomic E-state index is -0.286.